The Morgan fingerprint density at radius 1 is 1.14 bits per heavy atom. The number of nitrogens with one attached hydrogen (secondary N) is 1. The van der Waals surface area contributed by atoms with Crippen molar-refractivity contribution in [1.29, 1.82) is 0 Å². The molecule has 0 saturated carbocycles. The number of likely N-dealkylation sites (tertiary alicyclic amines) is 1. The van der Waals surface area contributed by atoms with Crippen LogP contribution in [0.1, 0.15) is 25.3 Å². The minimum Gasteiger partial charge on any atom is -0.497 e. The van der Waals surface area contributed by atoms with Gasteiger partial charge in [0.05, 0.1) is 32.0 Å². The highest BCUT2D eigenvalue weighted by Gasteiger charge is 2.52. The SMILES string of the molecule is CCOC(=O)N1CCC2(CC1)CN(c1ccc(-c3cn[nH]c3)cn1)C(=O)N2Cc1cccc(OC)c1. The Bertz CT molecular complexity index is 1210. The van der Waals surface area contributed by atoms with Gasteiger partial charge in [0.15, 0.2) is 0 Å². The van der Waals surface area contributed by atoms with Gasteiger partial charge in [-0.05, 0) is 49.6 Å². The van der Waals surface area contributed by atoms with Crippen molar-refractivity contribution in [1.82, 2.24) is 25.0 Å². The first kappa shape index (κ1) is 23.7. The maximum absolute atomic E-state index is 13.8. The van der Waals surface area contributed by atoms with Crippen molar-refractivity contribution >= 4 is 17.9 Å². The molecule has 1 N–H and O–H groups in total. The Kier molecular flexibility index (Phi) is 6.49. The summed E-state index contributed by atoms with van der Waals surface area (Å²) in [4.78, 5) is 36.2. The van der Waals surface area contributed by atoms with Crippen LogP contribution in [0.4, 0.5) is 15.4 Å². The Labute approximate surface area is 209 Å². The maximum atomic E-state index is 13.8. The highest BCUT2D eigenvalue weighted by molar-refractivity contribution is 5.94. The number of carbonyl (C=O) groups is 2. The number of H-pyrrole nitrogens is 1. The van der Waals surface area contributed by atoms with E-state index in [1.807, 2.05) is 41.3 Å². The summed E-state index contributed by atoms with van der Waals surface area (Å²) in [6.45, 7) is 4.15. The van der Waals surface area contributed by atoms with Gasteiger partial charge in [0.1, 0.15) is 11.6 Å². The molecule has 0 unspecified atom stereocenters. The summed E-state index contributed by atoms with van der Waals surface area (Å²) in [7, 11) is 1.63. The van der Waals surface area contributed by atoms with Crippen LogP contribution < -0.4 is 9.64 Å². The molecule has 5 rings (SSSR count). The lowest BCUT2D eigenvalue weighted by molar-refractivity contribution is 0.0553. The topological polar surface area (TPSA) is 104 Å². The number of ether oxygens (including phenoxy) is 2. The highest BCUT2D eigenvalue weighted by atomic mass is 16.6. The second kappa shape index (κ2) is 9.88. The van der Waals surface area contributed by atoms with E-state index in [4.69, 9.17) is 9.47 Å². The molecule has 10 nitrogen and oxygen atoms in total. The first-order chi connectivity index (χ1) is 17.5. The number of hydrogen-bond acceptors (Lipinski definition) is 6. The van der Waals surface area contributed by atoms with E-state index in [-0.39, 0.29) is 12.1 Å². The molecule has 0 aliphatic carbocycles. The summed E-state index contributed by atoms with van der Waals surface area (Å²) in [5.41, 5.74) is 2.42. The minimum atomic E-state index is -0.423. The zero-order valence-electron chi connectivity index (χ0n) is 20.5. The van der Waals surface area contributed by atoms with Gasteiger partial charge in [0.25, 0.3) is 0 Å². The average molecular weight is 491 g/mol. The number of urea groups is 1. The van der Waals surface area contributed by atoms with E-state index in [0.717, 1.165) is 22.4 Å². The van der Waals surface area contributed by atoms with Crippen LogP contribution in [0, 0.1) is 0 Å². The number of hydrogen-bond donors (Lipinski definition) is 1. The Morgan fingerprint density at radius 3 is 2.64 bits per heavy atom. The van der Waals surface area contributed by atoms with Gasteiger partial charge >= 0.3 is 12.1 Å². The number of piperidine rings is 1. The number of carbonyl (C=O) groups excluding carboxylic acids is 2. The van der Waals surface area contributed by atoms with Crippen molar-refractivity contribution < 1.29 is 19.1 Å². The molecule has 1 spiro atoms. The van der Waals surface area contributed by atoms with Gasteiger partial charge in [-0.3, -0.25) is 10.00 Å². The van der Waals surface area contributed by atoms with Gasteiger partial charge in [-0.1, -0.05) is 12.1 Å². The molecule has 188 valence electrons. The first-order valence-electron chi connectivity index (χ1n) is 12.1. The smallest absolute Gasteiger partial charge is 0.409 e. The van der Waals surface area contributed by atoms with Gasteiger partial charge in [-0.15, -0.1) is 0 Å². The van der Waals surface area contributed by atoms with Crippen molar-refractivity contribution in [2.75, 3.05) is 38.3 Å². The van der Waals surface area contributed by atoms with Crippen LogP contribution >= 0.6 is 0 Å². The third-order valence-corrected chi connectivity index (χ3v) is 7.04. The quantitative estimate of drug-likeness (QED) is 0.562. The second-order valence-electron chi connectivity index (χ2n) is 9.11. The number of aromatic nitrogens is 3. The molecule has 0 atom stereocenters. The number of benzene rings is 1. The van der Waals surface area contributed by atoms with E-state index in [2.05, 4.69) is 15.2 Å². The number of methoxy groups -OCH3 is 1. The molecule has 3 aromatic rings. The van der Waals surface area contributed by atoms with Crippen LogP contribution in [0.15, 0.2) is 55.0 Å². The van der Waals surface area contributed by atoms with Gasteiger partial charge in [0, 0.05) is 43.2 Å². The lowest BCUT2D eigenvalue weighted by Crippen LogP contribution is -2.55. The summed E-state index contributed by atoms with van der Waals surface area (Å²) >= 11 is 0. The van der Waals surface area contributed by atoms with Gasteiger partial charge in [-0.25, -0.2) is 14.6 Å². The number of nitrogens with zero attached hydrogens (tertiary/aromatic N) is 5. The average Bonchev–Trinajstić information content (AvgIpc) is 3.53. The molecular formula is C26H30N6O4. The monoisotopic (exact) mass is 490 g/mol. The maximum Gasteiger partial charge on any atom is 0.409 e. The van der Waals surface area contributed by atoms with Crippen molar-refractivity contribution in [3.8, 4) is 16.9 Å². The molecule has 3 amide bonds. The fourth-order valence-electron chi connectivity index (χ4n) is 5.04. The number of rotatable bonds is 6. The van der Waals surface area contributed by atoms with E-state index in [0.29, 0.717) is 51.4 Å². The number of aromatic amines is 1. The van der Waals surface area contributed by atoms with Crippen molar-refractivity contribution in [3.63, 3.8) is 0 Å². The predicted octanol–water partition coefficient (Wildman–Crippen LogP) is 3.91. The van der Waals surface area contributed by atoms with Crippen molar-refractivity contribution in [2.24, 2.45) is 0 Å². The molecular weight excluding hydrogens is 460 g/mol. The Morgan fingerprint density at radius 2 is 1.97 bits per heavy atom. The van der Waals surface area contributed by atoms with E-state index in [9.17, 15) is 9.59 Å². The summed E-state index contributed by atoms with van der Waals surface area (Å²) in [6, 6.07) is 11.5. The van der Waals surface area contributed by atoms with Crippen LogP contribution in [0.25, 0.3) is 11.1 Å². The molecule has 2 fully saturated rings. The number of pyridine rings is 1. The van der Waals surface area contributed by atoms with Gasteiger partial charge in [0.2, 0.25) is 0 Å². The largest absolute Gasteiger partial charge is 0.497 e. The van der Waals surface area contributed by atoms with Crippen molar-refractivity contribution in [2.45, 2.75) is 31.8 Å². The highest BCUT2D eigenvalue weighted by Crippen LogP contribution is 2.39. The minimum absolute atomic E-state index is 0.0917. The molecule has 0 bridgehead atoms. The van der Waals surface area contributed by atoms with Crippen LogP contribution in [0.3, 0.4) is 0 Å². The first-order valence-corrected chi connectivity index (χ1v) is 12.1. The Hall–Kier alpha value is -4.08. The summed E-state index contributed by atoms with van der Waals surface area (Å²) in [5.74, 6) is 1.35. The van der Waals surface area contributed by atoms with Crippen LogP contribution in [-0.4, -0.2) is 76.0 Å². The van der Waals surface area contributed by atoms with E-state index >= 15 is 0 Å². The summed E-state index contributed by atoms with van der Waals surface area (Å²) in [5, 5.41) is 6.80. The summed E-state index contributed by atoms with van der Waals surface area (Å²) in [6.07, 6.45) is 6.31. The Balaban J connectivity index is 1.42. The molecule has 2 aliphatic rings. The van der Waals surface area contributed by atoms with Crippen LogP contribution in [-0.2, 0) is 11.3 Å². The second-order valence-corrected chi connectivity index (χ2v) is 9.11. The zero-order chi connectivity index (χ0) is 25.1. The molecule has 0 radical (unpaired) electrons. The lowest BCUT2D eigenvalue weighted by Gasteiger charge is -2.43. The fourth-order valence-corrected chi connectivity index (χ4v) is 5.04. The molecule has 2 aliphatic heterocycles. The van der Waals surface area contributed by atoms with E-state index in [1.54, 1.807) is 42.4 Å². The number of anilines is 1. The molecule has 4 heterocycles. The van der Waals surface area contributed by atoms with E-state index < -0.39 is 5.54 Å². The molecule has 2 aromatic heterocycles. The van der Waals surface area contributed by atoms with E-state index in [1.165, 1.54) is 0 Å². The van der Waals surface area contributed by atoms with Crippen LogP contribution in [0.5, 0.6) is 5.75 Å². The standard InChI is InChI=1S/C26H30N6O4/c1-3-36-25(34)30-11-9-26(10-12-30)18-31(23-8-7-20(14-27-23)21-15-28-29-16-21)24(33)32(26)17-19-5-4-6-22(13-19)35-2/h4-8,13-16H,3,9-12,17-18H2,1-2H3,(H,28,29). The molecule has 10 heteroatoms. The van der Waals surface area contributed by atoms with Crippen LogP contribution in [0.2, 0.25) is 0 Å². The predicted molar refractivity (Wildman–Crippen MR) is 134 cm³/mol. The molecule has 2 saturated heterocycles. The lowest BCUT2D eigenvalue weighted by atomic mass is 9.86. The zero-order valence-corrected chi connectivity index (χ0v) is 20.5. The van der Waals surface area contributed by atoms with Gasteiger partial charge in [-0.2, -0.15) is 5.10 Å². The third kappa shape index (κ3) is 4.46. The third-order valence-electron chi connectivity index (χ3n) is 7.04. The molecule has 36 heavy (non-hydrogen) atoms. The normalized spacial score (nSPS) is 17.1. The van der Waals surface area contributed by atoms with Gasteiger partial charge < -0.3 is 19.3 Å². The summed E-state index contributed by atoms with van der Waals surface area (Å²) < 4.78 is 10.6. The number of amides is 3. The fraction of sp³-hybridized carbons (Fsp3) is 0.385. The van der Waals surface area contributed by atoms with Crippen molar-refractivity contribution in [3.05, 3.63) is 60.6 Å². The molecule has 1 aromatic carbocycles.